The van der Waals surface area contributed by atoms with Gasteiger partial charge in [-0.1, -0.05) is 69.6 Å². The van der Waals surface area contributed by atoms with E-state index in [1.54, 1.807) is 9.80 Å². The Morgan fingerprint density at radius 1 is 1.06 bits per heavy atom. The fraction of sp³-hybridized carbons (Fsp3) is 0.489. The van der Waals surface area contributed by atoms with E-state index in [0.29, 0.717) is 57.9 Å². The summed E-state index contributed by atoms with van der Waals surface area (Å²) in [5.41, 5.74) is 4.44. The zero-order chi connectivity index (χ0) is 43.9. The molecule has 4 N–H and O–H groups in total. The molecule has 4 aliphatic rings. The number of imidazole rings is 1. The van der Waals surface area contributed by atoms with Crippen molar-refractivity contribution in [3.05, 3.63) is 77.7 Å². The molecule has 62 heavy (non-hydrogen) atoms. The van der Waals surface area contributed by atoms with E-state index in [2.05, 4.69) is 69.7 Å². The third-order valence-electron chi connectivity index (χ3n) is 12.2. The van der Waals surface area contributed by atoms with Gasteiger partial charge >= 0.3 is 12.2 Å². The molecule has 2 aromatic carbocycles. The van der Waals surface area contributed by atoms with Crippen molar-refractivity contribution in [1.29, 1.82) is 0 Å². The summed E-state index contributed by atoms with van der Waals surface area (Å²) in [7, 11) is 2.59. The van der Waals surface area contributed by atoms with Crippen LogP contribution in [-0.4, -0.2) is 121 Å². The van der Waals surface area contributed by atoms with E-state index in [9.17, 15) is 19.2 Å². The number of benzene rings is 2. The Morgan fingerprint density at radius 3 is 2.55 bits per heavy atom. The highest BCUT2D eigenvalue weighted by atomic mass is 16.5. The van der Waals surface area contributed by atoms with Gasteiger partial charge in [0.15, 0.2) is 0 Å². The second-order valence-corrected chi connectivity index (χ2v) is 16.7. The Labute approximate surface area is 362 Å². The summed E-state index contributed by atoms with van der Waals surface area (Å²) in [5, 5.41) is 11.1. The Bertz CT molecular complexity index is 2350. The summed E-state index contributed by atoms with van der Waals surface area (Å²) in [4.78, 5) is 68.7. The number of carbonyl (C=O) groups excluding carboxylic acids is 4. The molecule has 4 amide bonds. The van der Waals surface area contributed by atoms with Crippen molar-refractivity contribution >= 4 is 51.6 Å². The standard InChI is InChI=1S/C47H58N8O7/c1-7-21-54(44(56)40(53-47(59)61-6)33-19-23-62-24-20-33)27-38-49-36-17-15-34-25-31(12-16-35(34)41(36)51-38)9-8-30-10-13-32(14-11-30)37-26-48-43(50-37)42-29(4)18-22-55(42)45(57)39(28(2)3)52-46(58)60-5/h10-13,15-17,25,28,32-33,37,39-40,42H,4,7,14,18-24,26-27H2,1-3,5-6H3,(H,48,50)(H,49,51)(H,52,58)(H,53,59)/t32?,37?,39-,40-,42-/m0/s1. The molecule has 0 bridgehead atoms. The van der Waals surface area contributed by atoms with Crippen LogP contribution < -0.4 is 16.0 Å². The summed E-state index contributed by atoms with van der Waals surface area (Å²) in [5.74, 6) is 7.78. The van der Waals surface area contributed by atoms with Crippen LogP contribution in [-0.2, 0) is 30.3 Å². The average molecular weight is 847 g/mol. The summed E-state index contributed by atoms with van der Waals surface area (Å²) in [6.45, 7) is 13.1. The number of nitrogens with one attached hydrogen (secondary N) is 4. The molecule has 3 aromatic rings. The van der Waals surface area contributed by atoms with Crippen LogP contribution in [0.25, 0.3) is 21.8 Å². The third kappa shape index (κ3) is 9.81. The number of amides is 4. The van der Waals surface area contributed by atoms with Gasteiger partial charge in [0.2, 0.25) is 11.8 Å². The minimum atomic E-state index is -0.719. The molecule has 0 radical (unpaired) electrons. The lowest BCUT2D eigenvalue weighted by Crippen LogP contribution is -2.55. The molecule has 15 nitrogen and oxygen atoms in total. The Balaban J connectivity index is 0.980. The molecule has 4 heterocycles. The number of alkyl carbamates (subject to hydrolysis) is 2. The van der Waals surface area contributed by atoms with Crippen molar-refractivity contribution in [3.8, 4) is 11.8 Å². The van der Waals surface area contributed by atoms with Crippen molar-refractivity contribution in [1.82, 2.24) is 35.7 Å². The van der Waals surface area contributed by atoms with Gasteiger partial charge in [-0.2, -0.15) is 0 Å². The monoisotopic (exact) mass is 846 g/mol. The van der Waals surface area contributed by atoms with Crippen LogP contribution in [0.1, 0.15) is 64.3 Å². The molecule has 7 rings (SSSR count). The molecular weight excluding hydrogens is 789 g/mol. The lowest BCUT2D eigenvalue weighted by molar-refractivity contribution is -0.136. The first kappa shape index (κ1) is 43.9. The van der Waals surface area contributed by atoms with Crippen molar-refractivity contribution in [3.63, 3.8) is 0 Å². The highest BCUT2D eigenvalue weighted by Crippen LogP contribution is 2.30. The average Bonchev–Trinajstić information content (AvgIpc) is 4.04. The number of fused-ring (bicyclic) bond motifs is 3. The van der Waals surface area contributed by atoms with Crippen LogP contribution in [0.2, 0.25) is 0 Å². The maximum Gasteiger partial charge on any atom is 0.407 e. The smallest absolute Gasteiger partial charge is 0.407 e. The predicted molar refractivity (Wildman–Crippen MR) is 237 cm³/mol. The minimum absolute atomic E-state index is 0.0492. The van der Waals surface area contributed by atoms with Crippen molar-refractivity contribution < 1.29 is 33.4 Å². The van der Waals surface area contributed by atoms with E-state index in [4.69, 9.17) is 24.2 Å². The van der Waals surface area contributed by atoms with Crippen molar-refractivity contribution in [2.75, 3.05) is 47.1 Å². The van der Waals surface area contributed by atoms with Gasteiger partial charge in [0.25, 0.3) is 0 Å². The zero-order valence-corrected chi connectivity index (χ0v) is 36.3. The second-order valence-electron chi connectivity index (χ2n) is 16.7. The molecule has 3 aliphatic heterocycles. The third-order valence-corrected chi connectivity index (χ3v) is 12.2. The number of rotatable bonds is 12. The number of H-pyrrole nitrogens is 1. The number of amidine groups is 1. The van der Waals surface area contributed by atoms with E-state index in [1.807, 2.05) is 39.0 Å². The van der Waals surface area contributed by atoms with Crippen LogP contribution in [0.3, 0.4) is 0 Å². The van der Waals surface area contributed by atoms with Crippen LogP contribution in [0.5, 0.6) is 0 Å². The summed E-state index contributed by atoms with van der Waals surface area (Å²) < 4.78 is 15.2. The molecule has 2 saturated heterocycles. The van der Waals surface area contributed by atoms with Crippen molar-refractivity contribution in [2.24, 2.45) is 22.7 Å². The molecule has 15 heteroatoms. The first-order chi connectivity index (χ1) is 30.0. The van der Waals surface area contributed by atoms with Crippen LogP contribution in [0.4, 0.5) is 9.59 Å². The fourth-order valence-corrected chi connectivity index (χ4v) is 8.80. The number of hydrogen-bond acceptors (Lipinski definition) is 10. The topological polar surface area (TPSA) is 180 Å². The first-order valence-corrected chi connectivity index (χ1v) is 21.6. The Hall–Kier alpha value is -6.14. The molecule has 328 valence electrons. The normalized spacial score (nSPS) is 21.1. The number of allylic oxidation sites excluding steroid dienone is 3. The predicted octanol–water partition coefficient (Wildman–Crippen LogP) is 5.37. The van der Waals surface area contributed by atoms with Gasteiger partial charge in [-0.05, 0) is 73.1 Å². The second kappa shape index (κ2) is 19.7. The molecule has 1 aliphatic carbocycles. The lowest BCUT2D eigenvalue weighted by Gasteiger charge is -2.33. The van der Waals surface area contributed by atoms with E-state index >= 15 is 0 Å². The van der Waals surface area contributed by atoms with Crippen LogP contribution in [0.15, 0.2) is 71.3 Å². The first-order valence-electron chi connectivity index (χ1n) is 21.6. The zero-order valence-electron chi connectivity index (χ0n) is 36.3. The molecular formula is C47H58N8O7. The SMILES string of the molecule is C=C1CCN(C(=O)[C@@H](NC(=O)OC)C(C)C)[C@@H]1C1=NCC(C2C=CC(C#Cc3ccc4c(ccc5[nH]c(CN(CCC)C(=O)[C@@H](NC(=O)OC)C6CCOCC6)nc54)c3)=CC2)N1. The number of nitrogens with zero attached hydrogens (tertiary/aromatic N) is 4. The summed E-state index contributed by atoms with van der Waals surface area (Å²) in [6, 6.07) is 8.43. The Morgan fingerprint density at radius 2 is 1.84 bits per heavy atom. The van der Waals surface area contributed by atoms with E-state index in [1.165, 1.54) is 14.2 Å². The summed E-state index contributed by atoms with van der Waals surface area (Å²) >= 11 is 0. The van der Waals surface area contributed by atoms with Gasteiger partial charge in [-0.25, -0.2) is 14.6 Å². The molecule has 2 fully saturated rings. The highest BCUT2D eigenvalue weighted by molar-refractivity contribution is 6.04. The largest absolute Gasteiger partial charge is 0.453 e. The number of methoxy groups -OCH3 is 2. The number of ether oxygens (including phenoxy) is 3. The Kier molecular flexibility index (Phi) is 14.0. The maximum atomic E-state index is 14.0. The molecule has 2 unspecified atom stereocenters. The highest BCUT2D eigenvalue weighted by Gasteiger charge is 2.42. The number of aliphatic imine (C=N–C) groups is 1. The molecule has 0 saturated carbocycles. The number of carbonyl (C=O) groups is 4. The summed E-state index contributed by atoms with van der Waals surface area (Å²) in [6.07, 6.45) is 8.72. The van der Waals surface area contributed by atoms with Crippen LogP contribution in [0, 0.1) is 29.6 Å². The molecule has 1 aromatic heterocycles. The number of aromatic nitrogens is 2. The minimum Gasteiger partial charge on any atom is -0.453 e. The van der Waals surface area contributed by atoms with Gasteiger partial charge in [0.1, 0.15) is 29.8 Å². The fourth-order valence-electron chi connectivity index (χ4n) is 8.80. The number of hydrogen-bond donors (Lipinski definition) is 4. The van der Waals surface area contributed by atoms with Crippen molar-refractivity contribution in [2.45, 2.75) is 83.6 Å². The van der Waals surface area contributed by atoms with E-state index < -0.39 is 24.3 Å². The number of aromatic amines is 1. The van der Waals surface area contributed by atoms with Gasteiger partial charge in [-0.15, -0.1) is 0 Å². The van der Waals surface area contributed by atoms with Gasteiger partial charge in [-0.3, -0.25) is 14.6 Å². The number of likely N-dealkylation sites (tertiary alicyclic amines) is 1. The van der Waals surface area contributed by atoms with Crippen LogP contribution >= 0.6 is 0 Å². The van der Waals surface area contributed by atoms with Gasteiger partial charge in [0, 0.05) is 48.7 Å². The van der Waals surface area contributed by atoms with E-state index in [-0.39, 0.29) is 48.2 Å². The molecule has 0 spiro atoms. The van der Waals surface area contributed by atoms with Gasteiger partial charge in [0.05, 0.1) is 44.4 Å². The quantitative estimate of drug-likeness (QED) is 0.138. The van der Waals surface area contributed by atoms with Gasteiger partial charge < -0.3 is 44.9 Å². The molecule has 5 atom stereocenters. The maximum absolute atomic E-state index is 14.0. The lowest BCUT2D eigenvalue weighted by atomic mass is 9.90. The van der Waals surface area contributed by atoms with E-state index in [0.717, 1.165) is 57.2 Å².